The Morgan fingerprint density at radius 1 is 1.33 bits per heavy atom. The first-order chi connectivity index (χ1) is 9.84. The van der Waals surface area contributed by atoms with Crippen molar-refractivity contribution in [3.63, 3.8) is 0 Å². The maximum atomic E-state index is 12.6. The fraction of sp³-hybridized carbons (Fsp3) is 0.429. The Morgan fingerprint density at radius 2 is 2.00 bits per heavy atom. The van der Waals surface area contributed by atoms with E-state index in [1.54, 1.807) is 31.3 Å². The minimum Gasteiger partial charge on any atom is -0.389 e. The van der Waals surface area contributed by atoms with Gasteiger partial charge in [0.25, 0.3) is 0 Å². The van der Waals surface area contributed by atoms with Gasteiger partial charge < -0.3 is 10.6 Å². The molecule has 0 radical (unpaired) electrons. The van der Waals surface area contributed by atoms with Crippen molar-refractivity contribution in [1.82, 2.24) is 0 Å². The van der Waals surface area contributed by atoms with Gasteiger partial charge in [-0.3, -0.25) is 4.79 Å². The topological polar surface area (TPSA) is 80.5 Å². The number of amides is 1. The molecule has 0 bridgehead atoms. The number of nitrogens with zero attached hydrogens (tertiary/aromatic N) is 1. The fourth-order valence-electron chi connectivity index (χ4n) is 2.54. The second-order valence-corrected chi connectivity index (χ2v) is 7.87. The number of anilines is 1. The standard InChI is InChI=1S/C14H18N2O3S2/c1-16(11-7-3-2-6-10(11)13(15)20)14(17)12-8-4-5-9-21(12,18)19/h2-3,6-7,12H,4-5,8-9H2,1H3,(H2,15,20). The fourth-order valence-corrected chi connectivity index (χ4v) is 4.60. The Morgan fingerprint density at radius 3 is 2.62 bits per heavy atom. The molecule has 1 heterocycles. The molecule has 0 spiro atoms. The lowest BCUT2D eigenvalue weighted by Gasteiger charge is -2.27. The first kappa shape index (κ1) is 15.9. The van der Waals surface area contributed by atoms with Crippen LogP contribution in [0.25, 0.3) is 0 Å². The molecule has 1 aromatic carbocycles. The quantitative estimate of drug-likeness (QED) is 0.846. The lowest BCUT2D eigenvalue weighted by atomic mass is 10.1. The highest BCUT2D eigenvalue weighted by atomic mass is 32.2. The summed E-state index contributed by atoms with van der Waals surface area (Å²) in [6, 6.07) is 6.96. The summed E-state index contributed by atoms with van der Waals surface area (Å²) in [6.45, 7) is 0. The van der Waals surface area contributed by atoms with E-state index in [9.17, 15) is 13.2 Å². The Balaban J connectivity index is 2.34. The molecular weight excluding hydrogens is 308 g/mol. The van der Waals surface area contributed by atoms with Gasteiger partial charge in [-0.25, -0.2) is 8.42 Å². The summed E-state index contributed by atoms with van der Waals surface area (Å²) in [5.74, 6) is -0.341. The average molecular weight is 326 g/mol. The Bertz CT molecular complexity index is 671. The highest BCUT2D eigenvalue weighted by molar-refractivity contribution is 7.92. The van der Waals surface area contributed by atoms with E-state index < -0.39 is 21.0 Å². The zero-order valence-corrected chi connectivity index (χ0v) is 13.4. The molecule has 0 aliphatic carbocycles. The number of rotatable bonds is 3. The Hall–Kier alpha value is -1.47. The molecule has 5 nitrogen and oxygen atoms in total. The van der Waals surface area contributed by atoms with Gasteiger partial charge in [-0.15, -0.1) is 0 Å². The minimum absolute atomic E-state index is 0.0776. The van der Waals surface area contributed by atoms with Crippen LogP contribution in [0.3, 0.4) is 0 Å². The Labute approximate surface area is 130 Å². The van der Waals surface area contributed by atoms with Gasteiger partial charge in [0.2, 0.25) is 5.91 Å². The van der Waals surface area contributed by atoms with Crippen LogP contribution in [0.15, 0.2) is 24.3 Å². The third-order valence-electron chi connectivity index (χ3n) is 3.72. The van der Waals surface area contributed by atoms with Crippen LogP contribution in [0, 0.1) is 0 Å². The zero-order chi connectivity index (χ0) is 15.6. The Kier molecular flexibility index (Phi) is 4.63. The second-order valence-electron chi connectivity index (χ2n) is 5.13. The van der Waals surface area contributed by atoms with Gasteiger partial charge in [-0.05, 0) is 25.0 Å². The summed E-state index contributed by atoms with van der Waals surface area (Å²) >= 11 is 4.98. The van der Waals surface area contributed by atoms with E-state index in [1.165, 1.54) is 4.90 Å². The molecule has 114 valence electrons. The summed E-state index contributed by atoms with van der Waals surface area (Å²) in [6.07, 6.45) is 1.75. The number of hydrogen-bond donors (Lipinski definition) is 1. The molecule has 1 atom stereocenters. The number of nitrogens with two attached hydrogens (primary N) is 1. The maximum absolute atomic E-state index is 12.6. The van der Waals surface area contributed by atoms with Crippen LogP contribution in [0.2, 0.25) is 0 Å². The second kappa shape index (κ2) is 6.11. The number of carbonyl (C=O) groups excluding carboxylic acids is 1. The summed E-state index contributed by atoms with van der Waals surface area (Å²) in [7, 11) is -1.81. The minimum atomic E-state index is -3.36. The van der Waals surface area contributed by atoms with Crippen molar-refractivity contribution in [1.29, 1.82) is 0 Å². The first-order valence-corrected chi connectivity index (χ1v) is 8.85. The predicted molar refractivity (Wildman–Crippen MR) is 87.2 cm³/mol. The first-order valence-electron chi connectivity index (χ1n) is 6.72. The van der Waals surface area contributed by atoms with Crippen LogP contribution < -0.4 is 10.6 Å². The molecule has 0 saturated carbocycles. The lowest BCUT2D eigenvalue weighted by molar-refractivity contribution is -0.118. The van der Waals surface area contributed by atoms with E-state index in [0.29, 0.717) is 24.1 Å². The van der Waals surface area contributed by atoms with Gasteiger partial charge in [0.15, 0.2) is 9.84 Å². The molecule has 2 N–H and O–H groups in total. The molecule has 1 unspecified atom stereocenters. The maximum Gasteiger partial charge on any atom is 0.245 e. The van der Waals surface area contributed by atoms with Gasteiger partial charge in [0.1, 0.15) is 10.2 Å². The molecule has 0 aromatic heterocycles. The van der Waals surface area contributed by atoms with Gasteiger partial charge in [-0.2, -0.15) is 0 Å². The lowest BCUT2D eigenvalue weighted by Crippen LogP contribution is -2.44. The van der Waals surface area contributed by atoms with Crippen LogP contribution in [-0.2, 0) is 14.6 Å². The molecular formula is C14H18N2O3S2. The van der Waals surface area contributed by atoms with Gasteiger partial charge in [-0.1, -0.05) is 30.8 Å². The van der Waals surface area contributed by atoms with Crippen LogP contribution in [-0.4, -0.2) is 37.4 Å². The van der Waals surface area contributed by atoms with E-state index in [0.717, 1.165) is 6.42 Å². The molecule has 1 saturated heterocycles. The highest BCUT2D eigenvalue weighted by Gasteiger charge is 2.37. The monoisotopic (exact) mass is 326 g/mol. The summed E-state index contributed by atoms with van der Waals surface area (Å²) in [5.41, 5.74) is 6.76. The molecule has 1 aliphatic heterocycles. The summed E-state index contributed by atoms with van der Waals surface area (Å²) in [5, 5.41) is -0.962. The molecule has 21 heavy (non-hydrogen) atoms. The molecule has 2 rings (SSSR count). The van der Waals surface area contributed by atoms with E-state index in [1.807, 2.05) is 0 Å². The largest absolute Gasteiger partial charge is 0.389 e. The third-order valence-corrected chi connectivity index (χ3v) is 6.10. The summed E-state index contributed by atoms with van der Waals surface area (Å²) < 4.78 is 24.2. The van der Waals surface area contributed by atoms with Crippen LogP contribution in [0.1, 0.15) is 24.8 Å². The molecule has 1 fully saturated rings. The number of benzene rings is 1. The van der Waals surface area contributed by atoms with E-state index in [4.69, 9.17) is 18.0 Å². The number of sulfone groups is 1. The van der Waals surface area contributed by atoms with Crippen molar-refractivity contribution in [3.05, 3.63) is 29.8 Å². The van der Waals surface area contributed by atoms with E-state index >= 15 is 0 Å². The van der Waals surface area contributed by atoms with E-state index in [2.05, 4.69) is 0 Å². The van der Waals surface area contributed by atoms with Crippen LogP contribution in [0.4, 0.5) is 5.69 Å². The van der Waals surface area contributed by atoms with Gasteiger partial charge in [0.05, 0.1) is 11.4 Å². The van der Waals surface area contributed by atoms with Crippen LogP contribution >= 0.6 is 12.2 Å². The number of thiocarbonyl (C=S) groups is 1. The van der Waals surface area contributed by atoms with Crippen molar-refractivity contribution in [2.45, 2.75) is 24.5 Å². The zero-order valence-electron chi connectivity index (χ0n) is 11.8. The number of hydrogen-bond acceptors (Lipinski definition) is 4. The van der Waals surface area contributed by atoms with Gasteiger partial charge in [0, 0.05) is 12.6 Å². The van der Waals surface area contributed by atoms with Gasteiger partial charge >= 0.3 is 0 Å². The summed E-state index contributed by atoms with van der Waals surface area (Å²) in [4.78, 5) is 14.1. The van der Waals surface area contributed by atoms with Crippen molar-refractivity contribution in [2.75, 3.05) is 17.7 Å². The predicted octanol–water partition coefficient (Wildman–Crippen LogP) is 1.25. The molecule has 7 heteroatoms. The van der Waals surface area contributed by atoms with Crippen molar-refractivity contribution in [3.8, 4) is 0 Å². The smallest absolute Gasteiger partial charge is 0.245 e. The van der Waals surface area contributed by atoms with Crippen molar-refractivity contribution >= 4 is 38.6 Å². The molecule has 1 amide bonds. The normalized spacial score (nSPS) is 20.7. The van der Waals surface area contributed by atoms with Crippen molar-refractivity contribution in [2.24, 2.45) is 5.73 Å². The molecule has 1 aliphatic rings. The van der Waals surface area contributed by atoms with Crippen LogP contribution in [0.5, 0.6) is 0 Å². The van der Waals surface area contributed by atoms with Crippen molar-refractivity contribution < 1.29 is 13.2 Å². The highest BCUT2D eigenvalue weighted by Crippen LogP contribution is 2.25. The average Bonchev–Trinajstić information content (AvgIpc) is 2.45. The number of carbonyl (C=O) groups is 1. The molecule has 1 aromatic rings. The SMILES string of the molecule is CN(C(=O)C1CCCCS1(=O)=O)c1ccccc1C(N)=S. The number of para-hydroxylation sites is 1. The van der Waals surface area contributed by atoms with E-state index in [-0.39, 0.29) is 10.7 Å². The third kappa shape index (κ3) is 3.24.